The predicted molar refractivity (Wildman–Crippen MR) is 102 cm³/mol. The molecule has 0 saturated carbocycles. The van der Waals surface area contributed by atoms with Crippen LogP contribution in [0.1, 0.15) is 44.9 Å². The van der Waals surface area contributed by atoms with Crippen LogP contribution in [-0.4, -0.2) is 16.1 Å². The predicted octanol–water partition coefficient (Wildman–Crippen LogP) is 7.14. The normalized spacial score (nSPS) is 11.6. The van der Waals surface area contributed by atoms with Gasteiger partial charge in [-0.15, -0.1) is 0 Å². The molecule has 0 bridgehead atoms. The Kier molecular flexibility index (Phi) is 6.34. The number of benzene rings is 1. The third kappa shape index (κ3) is 4.79. The van der Waals surface area contributed by atoms with Gasteiger partial charge in [0.25, 0.3) is 0 Å². The van der Waals surface area contributed by atoms with Crippen LogP contribution in [0.3, 0.4) is 0 Å². The molecule has 2 aromatic heterocycles. The molecule has 1 N–H and O–H groups in total. The standard InChI is InChI=1S/C18H16ClF3N2.C2H6/c1-10(2)16-6-12-5-14(19)13(7-17(12)24-16)15-4-3-11(9-23-15)8-18(20,21)22;1-2/h3-7,9-10,24H,8H2,1-2H3;1-2H3. The van der Waals surface area contributed by atoms with Crippen LogP contribution in [-0.2, 0) is 6.42 Å². The number of aromatic amines is 1. The molecule has 3 rings (SSSR count). The monoisotopic (exact) mass is 382 g/mol. The molecule has 0 atom stereocenters. The third-order valence-corrected chi connectivity index (χ3v) is 4.17. The molecule has 0 amide bonds. The first-order valence-electron chi connectivity index (χ1n) is 8.57. The number of halogens is 4. The molecule has 0 spiro atoms. The molecule has 0 aliphatic carbocycles. The molecule has 6 heteroatoms. The van der Waals surface area contributed by atoms with Crippen molar-refractivity contribution < 1.29 is 13.2 Å². The molecule has 0 aliphatic rings. The van der Waals surface area contributed by atoms with Gasteiger partial charge in [-0.05, 0) is 35.7 Å². The molecule has 0 fully saturated rings. The number of fused-ring (bicyclic) bond motifs is 1. The van der Waals surface area contributed by atoms with Gasteiger partial charge in [-0.1, -0.05) is 45.4 Å². The minimum atomic E-state index is -4.24. The summed E-state index contributed by atoms with van der Waals surface area (Å²) in [4.78, 5) is 7.48. The summed E-state index contributed by atoms with van der Waals surface area (Å²) in [5.74, 6) is 0.361. The Labute approximate surface area is 156 Å². The molecule has 2 nitrogen and oxygen atoms in total. The van der Waals surface area contributed by atoms with Crippen molar-refractivity contribution in [3.63, 3.8) is 0 Å². The van der Waals surface area contributed by atoms with Crippen LogP contribution in [0.2, 0.25) is 5.02 Å². The summed E-state index contributed by atoms with van der Waals surface area (Å²) in [6.45, 7) is 8.18. The zero-order valence-electron chi connectivity index (χ0n) is 15.2. The van der Waals surface area contributed by atoms with Crippen LogP contribution in [0.4, 0.5) is 13.2 Å². The van der Waals surface area contributed by atoms with Crippen LogP contribution in [0.15, 0.2) is 36.5 Å². The molecular formula is C20H22ClF3N2. The van der Waals surface area contributed by atoms with Crippen molar-refractivity contribution >= 4 is 22.5 Å². The quantitative estimate of drug-likeness (QED) is 0.512. The van der Waals surface area contributed by atoms with E-state index in [1.54, 1.807) is 6.07 Å². The topological polar surface area (TPSA) is 28.7 Å². The molecule has 26 heavy (non-hydrogen) atoms. The van der Waals surface area contributed by atoms with Crippen molar-refractivity contribution in [2.45, 2.75) is 46.2 Å². The highest BCUT2D eigenvalue weighted by atomic mass is 35.5. The highest BCUT2D eigenvalue weighted by Gasteiger charge is 2.27. The lowest BCUT2D eigenvalue weighted by Crippen LogP contribution is -2.11. The molecule has 0 radical (unpaired) electrons. The number of hydrogen-bond donors (Lipinski definition) is 1. The Balaban J connectivity index is 0.00000117. The molecule has 0 saturated heterocycles. The maximum absolute atomic E-state index is 12.4. The largest absolute Gasteiger partial charge is 0.393 e. The van der Waals surface area contributed by atoms with Gasteiger partial charge in [0.05, 0.1) is 17.1 Å². The lowest BCUT2D eigenvalue weighted by atomic mass is 10.1. The Morgan fingerprint density at radius 1 is 1.12 bits per heavy atom. The average molecular weight is 383 g/mol. The van der Waals surface area contributed by atoms with Crippen LogP contribution in [0.25, 0.3) is 22.2 Å². The number of hydrogen-bond acceptors (Lipinski definition) is 1. The lowest BCUT2D eigenvalue weighted by Gasteiger charge is -2.08. The maximum atomic E-state index is 12.4. The Bertz CT molecular complexity index is 865. The van der Waals surface area contributed by atoms with E-state index in [-0.39, 0.29) is 5.56 Å². The highest BCUT2D eigenvalue weighted by molar-refractivity contribution is 6.34. The number of rotatable bonds is 3. The van der Waals surface area contributed by atoms with Crippen molar-refractivity contribution in [3.8, 4) is 11.3 Å². The Morgan fingerprint density at radius 2 is 1.81 bits per heavy atom. The summed E-state index contributed by atoms with van der Waals surface area (Å²) in [7, 11) is 0. The van der Waals surface area contributed by atoms with Gasteiger partial charge < -0.3 is 4.98 Å². The van der Waals surface area contributed by atoms with Gasteiger partial charge in [-0.25, -0.2) is 0 Å². The molecule has 0 unspecified atom stereocenters. The van der Waals surface area contributed by atoms with Gasteiger partial charge in [0.1, 0.15) is 0 Å². The number of pyridine rings is 1. The number of alkyl halides is 3. The summed E-state index contributed by atoms with van der Waals surface area (Å²) < 4.78 is 37.3. The molecule has 3 aromatic rings. The van der Waals surface area contributed by atoms with Gasteiger partial charge in [0, 0.05) is 28.4 Å². The molecule has 1 aromatic carbocycles. The van der Waals surface area contributed by atoms with Crippen molar-refractivity contribution in [1.29, 1.82) is 0 Å². The number of H-pyrrole nitrogens is 1. The van der Waals surface area contributed by atoms with E-state index in [0.29, 0.717) is 22.2 Å². The fraction of sp³-hybridized carbons (Fsp3) is 0.350. The number of nitrogens with zero attached hydrogens (tertiary/aromatic N) is 1. The van der Waals surface area contributed by atoms with E-state index in [2.05, 4.69) is 29.9 Å². The first kappa shape index (κ1) is 20.3. The fourth-order valence-corrected chi connectivity index (χ4v) is 2.87. The smallest absolute Gasteiger partial charge is 0.358 e. The summed E-state index contributed by atoms with van der Waals surface area (Å²) in [6, 6.07) is 8.79. The second kappa shape index (κ2) is 8.12. The minimum absolute atomic E-state index is 0.130. The summed E-state index contributed by atoms with van der Waals surface area (Å²) in [5.41, 5.74) is 3.41. The van der Waals surface area contributed by atoms with Gasteiger partial charge in [0.2, 0.25) is 0 Å². The molecular weight excluding hydrogens is 361 g/mol. The van der Waals surface area contributed by atoms with E-state index in [1.807, 2.05) is 26.0 Å². The van der Waals surface area contributed by atoms with Gasteiger partial charge >= 0.3 is 6.18 Å². The van der Waals surface area contributed by atoms with Crippen molar-refractivity contribution in [3.05, 3.63) is 52.8 Å². The van der Waals surface area contributed by atoms with Crippen LogP contribution in [0.5, 0.6) is 0 Å². The number of aromatic nitrogens is 2. The average Bonchev–Trinajstić information content (AvgIpc) is 2.98. The van der Waals surface area contributed by atoms with E-state index >= 15 is 0 Å². The first-order chi connectivity index (χ1) is 12.2. The van der Waals surface area contributed by atoms with E-state index in [0.717, 1.165) is 16.6 Å². The Morgan fingerprint density at radius 3 is 2.35 bits per heavy atom. The number of nitrogens with one attached hydrogen (secondary N) is 1. The van der Waals surface area contributed by atoms with E-state index < -0.39 is 12.6 Å². The van der Waals surface area contributed by atoms with E-state index in [1.165, 1.54) is 12.3 Å². The maximum Gasteiger partial charge on any atom is 0.393 e. The minimum Gasteiger partial charge on any atom is -0.358 e. The van der Waals surface area contributed by atoms with E-state index in [9.17, 15) is 13.2 Å². The zero-order chi connectivity index (χ0) is 19.5. The summed E-state index contributed by atoms with van der Waals surface area (Å²) >= 11 is 6.34. The second-order valence-electron chi connectivity index (χ2n) is 6.14. The van der Waals surface area contributed by atoms with Crippen molar-refractivity contribution in [2.75, 3.05) is 0 Å². The SMILES string of the molecule is CC.CC(C)c1cc2cc(Cl)c(-c3ccc(CC(F)(F)F)cn3)cc2[nH]1. The van der Waals surface area contributed by atoms with Gasteiger partial charge in [0.15, 0.2) is 0 Å². The first-order valence-corrected chi connectivity index (χ1v) is 8.95. The van der Waals surface area contributed by atoms with Gasteiger partial charge in [-0.2, -0.15) is 13.2 Å². The summed E-state index contributed by atoms with van der Waals surface area (Å²) in [6.07, 6.45) is -3.98. The third-order valence-electron chi connectivity index (χ3n) is 3.86. The lowest BCUT2D eigenvalue weighted by molar-refractivity contribution is -0.127. The molecule has 2 heterocycles. The van der Waals surface area contributed by atoms with Gasteiger partial charge in [-0.3, -0.25) is 4.98 Å². The Hall–Kier alpha value is -2.01. The second-order valence-corrected chi connectivity index (χ2v) is 6.55. The van der Waals surface area contributed by atoms with Crippen molar-refractivity contribution in [2.24, 2.45) is 0 Å². The van der Waals surface area contributed by atoms with E-state index in [4.69, 9.17) is 11.6 Å². The highest BCUT2D eigenvalue weighted by Crippen LogP contribution is 2.33. The molecule has 140 valence electrons. The summed E-state index contributed by atoms with van der Waals surface area (Å²) in [5, 5.41) is 1.52. The molecule has 0 aliphatic heterocycles. The van der Waals surface area contributed by atoms with Crippen LogP contribution in [0, 0.1) is 0 Å². The van der Waals surface area contributed by atoms with Crippen LogP contribution >= 0.6 is 11.6 Å². The van der Waals surface area contributed by atoms with Crippen molar-refractivity contribution in [1.82, 2.24) is 9.97 Å². The van der Waals surface area contributed by atoms with Crippen LogP contribution < -0.4 is 0 Å². The fourth-order valence-electron chi connectivity index (χ4n) is 2.60. The zero-order valence-corrected chi connectivity index (χ0v) is 16.0.